The molecule has 21 heavy (non-hydrogen) atoms. The van der Waals surface area contributed by atoms with Crippen LogP contribution in [0.3, 0.4) is 0 Å². The number of rotatable bonds is 6. The predicted molar refractivity (Wildman–Crippen MR) is 71.1 cm³/mol. The van der Waals surface area contributed by atoms with E-state index >= 15 is 0 Å². The largest absolute Gasteiger partial charge is 0.418 e. The molecule has 0 N–H and O–H groups in total. The van der Waals surface area contributed by atoms with Gasteiger partial charge in [-0.1, -0.05) is 6.92 Å². The van der Waals surface area contributed by atoms with Gasteiger partial charge in [-0.05, 0) is 12.1 Å². The van der Waals surface area contributed by atoms with Crippen molar-refractivity contribution in [3.8, 4) is 0 Å². The van der Waals surface area contributed by atoms with Crippen molar-refractivity contribution in [2.45, 2.75) is 18.9 Å². The molecule has 5 nitrogen and oxygen atoms in total. The zero-order chi connectivity index (χ0) is 16.3. The van der Waals surface area contributed by atoms with Gasteiger partial charge in [0.1, 0.15) is 0 Å². The van der Waals surface area contributed by atoms with Gasteiger partial charge in [0, 0.05) is 11.9 Å². The van der Waals surface area contributed by atoms with E-state index in [-0.39, 0.29) is 5.75 Å². The second-order valence-electron chi connectivity index (χ2n) is 4.32. The summed E-state index contributed by atoms with van der Waals surface area (Å²) in [6, 6.07) is 1.79. The van der Waals surface area contributed by atoms with Crippen LogP contribution in [0.15, 0.2) is 18.3 Å². The molecule has 0 fully saturated rings. The molecule has 0 unspecified atom stereocenters. The van der Waals surface area contributed by atoms with Crippen LogP contribution in [0.1, 0.15) is 18.2 Å². The van der Waals surface area contributed by atoms with Crippen molar-refractivity contribution in [2.75, 3.05) is 17.3 Å². The van der Waals surface area contributed by atoms with E-state index in [1.165, 1.54) is 6.92 Å². The molecule has 0 amide bonds. The first-order valence-corrected chi connectivity index (χ1v) is 9.53. The molecule has 1 rings (SSSR count). The molecule has 0 bridgehead atoms. The van der Waals surface area contributed by atoms with Crippen molar-refractivity contribution < 1.29 is 30.0 Å². The highest BCUT2D eigenvalue weighted by atomic mass is 32.2. The van der Waals surface area contributed by atoms with Crippen LogP contribution in [0.5, 0.6) is 0 Å². The van der Waals surface area contributed by atoms with E-state index in [0.717, 1.165) is 18.3 Å². The van der Waals surface area contributed by atoms with Crippen LogP contribution in [-0.4, -0.2) is 39.1 Å². The fourth-order valence-electron chi connectivity index (χ4n) is 1.49. The van der Waals surface area contributed by atoms with E-state index in [1.54, 1.807) is 0 Å². The highest BCUT2D eigenvalue weighted by Crippen LogP contribution is 2.31. The average Bonchev–Trinajstić information content (AvgIpc) is 2.36. The highest BCUT2D eigenvalue weighted by Gasteiger charge is 2.35. The van der Waals surface area contributed by atoms with Crippen LogP contribution in [0.2, 0.25) is 0 Å². The first kappa shape index (κ1) is 17.9. The number of alkyl halides is 3. The first-order chi connectivity index (χ1) is 9.47. The Morgan fingerprint density at radius 1 is 1.10 bits per heavy atom. The first-order valence-electron chi connectivity index (χ1n) is 5.89. The molecule has 120 valence electrons. The third-order valence-corrected chi connectivity index (χ3v) is 6.20. The molecule has 0 aromatic carbocycles. The van der Waals surface area contributed by atoms with Crippen molar-refractivity contribution in [1.82, 2.24) is 4.98 Å². The Morgan fingerprint density at radius 3 is 2.19 bits per heavy atom. The van der Waals surface area contributed by atoms with E-state index in [9.17, 15) is 30.0 Å². The number of hydrogen-bond donors (Lipinski definition) is 0. The zero-order valence-electron chi connectivity index (χ0n) is 11.1. The minimum absolute atomic E-state index is 0.222. The van der Waals surface area contributed by atoms with E-state index < -0.39 is 54.4 Å². The van der Waals surface area contributed by atoms with E-state index in [4.69, 9.17) is 0 Å². The molecular weight excluding hydrogens is 331 g/mol. The second-order valence-corrected chi connectivity index (χ2v) is 8.98. The van der Waals surface area contributed by atoms with Crippen LogP contribution in [0.25, 0.3) is 0 Å². The molecule has 0 aliphatic carbocycles. The lowest BCUT2D eigenvalue weighted by atomic mass is 10.2. The third-order valence-electron chi connectivity index (χ3n) is 2.70. The van der Waals surface area contributed by atoms with Crippen LogP contribution in [-0.2, 0) is 31.6 Å². The fraction of sp³-hybridized carbons (Fsp3) is 0.545. The summed E-state index contributed by atoms with van der Waals surface area (Å²) >= 11 is 0. The van der Waals surface area contributed by atoms with Crippen molar-refractivity contribution in [3.05, 3.63) is 29.6 Å². The number of pyridine rings is 1. The van der Waals surface area contributed by atoms with Gasteiger partial charge in [-0.15, -0.1) is 0 Å². The Kier molecular flexibility index (Phi) is 5.37. The molecule has 0 atom stereocenters. The number of hydrogen-bond acceptors (Lipinski definition) is 5. The summed E-state index contributed by atoms with van der Waals surface area (Å²) in [7, 11) is -7.51. The van der Waals surface area contributed by atoms with E-state index in [2.05, 4.69) is 4.98 Å². The Hall–Kier alpha value is -1.16. The molecule has 0 saturated heterocycles. The maximum atomic E-state index is 12.7. The lowest BCUT2D eigenvalue weighted by Gasteiger charge is -2.11. The SMILES string of the molecule is CCS(=O)(=O)CCS(=O)(=O)Cc1ncccc1C(F)(F)F. The van der Waals surface area contributed by atoms with Gasteiger partial charge in [0.15, 0.2) is 19.7 Å². The van der Waals surface area contributed by atoms with Gasteiger partial charge >= 0.3 is 6.18 Å². The molecule has 1 aromatic rings. The second kappa shape index (κ2) is 6.30. The Bertz CT molecular complexity index is 696. The predicted octanol–water partition coefficient (Wildman–Crippen LogP) is 1.45. The standard InChI is InChI=1S/C11H14F3NO4S2/c1-2-20(16,17)6-7-21(18,19)8-10-9(11(12,13)14)4-3-5-15-10/h3-5H,2,6-8H2,1H3. The maximum absolute atomic E-state index is 12.7. The third kappa shape index (κ3) is 5.62. The quantitative estimate of drug-likeness (QED) is 0.779. The lowest BCUT2D eigenvalue weighted by molar-refractivity contribution is -0.138. The zero-order valence-corrected chi connectivity index (χ0v) is 12.7. The number of sulfone groups is 2. The number of halogens is 3. The number of nitrogens with zero attached hydrogens (tertiary/aromatic N) is 1. The van der Waals surface area contributed by atoms with Crippen LogP contribution < -0.4 is 0 Å². The molecule has 0 saturated carbocycles. The van der Waals surface area contributed by atoms with Gasteiger partial charge in [-0.3, -0.25) is 4.98 Å². The van der Waals surface area contributed by atoms with Gasteiger partial charge in [-0.25, -0.2) is 16.8 Å². The summed E-state index contributed by atoms with van der Waals surface area (Å²) < 4.78 is 84.2. The van der Waals surface area contributed by atoms with Crippen LogP contribution >= 0.6 is 0 Å². The molecule has 1 aromatic heterocycles. The van der Waals surface area contributed by atoms with Gasteiger partial charge < -0.3 is 0 Å². The minimum Gasteiger partial charge on any atom is -0.260 e. The van der Waals surface area contributed by atoms with Crippen molar-refractivity contribution in [2.24, 2.45) is 0 Å². The fourth-order valence-corrected chi connectivity index (χ4v) is 4.60. The van der Waals surface area contributed by atoms with E-state index in [1.807, 2.05) is 0 Å². The average molecular weight is 345 g/mol. The monoisotopic (exact) mass is 345 g/mol. The Labute approximate surface area is 121 Å². The summed E-state index contributed by atoms with van der Waals surface area (Å²) in [5.41, 5.74) is -1.76. The summed E-state index contributed by atoms with van der Waals surface area (Å²) in [5, 5.41) is 0. The van der Waals surface area contributed by atoms with Gasteiger partial charge in [0.05, 0.1) is 28.5 Å². The maximum Gasteiger partial charge on any atom is 0.418 e. The Balaban J connectivity index is 2.96. The molecule has 0 spiro atoms. The topological polar surface area (TPSA) is 81.2 Å². The summed E-state index contributed by atoms with van der Waals surface area (Å²) in [5.74, 6) is -2.50. The summed E-state index contributed by atoms with van der Waals surface area (Å²) in [4.78, 5) is 3.45. The van der Waals surface area contributed by atoms with Gasteiger partial charge in [0.2, 0.25) is 0 Å². The molecule has 0 aliphatic heterocycles. The molecule has 1 heterocycles. The van der Waals surface area contributed by atoms with Crippen molar-refractivity contribution in [1.29, 1.82) is 0 Å². The Morgan fingerprint density at radius 2 is 1.67 bits per heavy atom. The summed E-state index contributed by atoms with van der Waals surface area (Å²) in [6.07, 6.45) is -3.66. The van der Waals surface area contributed by atoms with Gasteiger partial charge in [0.25, 0.3) is 0 Å². The van der Waals surface area contributed by atoms with Crippen molar-refractivity contribution >= 4 is 19.7 Å². The number of aromatic nitrogens is 1. The van der Waals surface area contributed by atoms with E-state index in [0.29, 0.717) is 0 Å². The highest BCUT2D eigenvalue weighted by molar-refractivity contribution is 7.94. The smallest absolute Gasteiger partial charge is 0.260 e. The van der Waals surface area contributed by atoms with Crippen LogP contribution in [0, 0.1) is 0 Å². The van der Waals surface area contributed by atoms with Crippen molar-refractivity contribution in [3.63, 3.8) is 0 Å². The summed E-state index contributed by atoms with van der Waals surface area (Å²) in [6.45, 7) is 1.36. The lowest BCUT2D eigenvalue weighted by Crippen LogP contribution is -2.21. The molecular formula is C11H14F3NO4S2. The minimum atomic E-state index is -4.71. The molecule has 0 aliphatic rings. The molecule has 10 heteroatoms. The molecule has 0 radical (unpaired) electrons. The normalized spacial score (nSPS) is 13.3. The van der Waals surface area contributed by atoms with Crippen LogP contribution in [0.4, 0.5) is 13.2 Å². The van der Waals surface area contributed by atoms with Gasteiger partial charge in [-0.2, -0.15) is 13.2 Å².